The van der Waals surface area contributed by atoms with E-state index in [9.17, 15) is 9.90 Å². The predicted octanol–water partition coefficient (Wildman–Crippen LogP) is 7.34. The molecule has 1 heterocycles. The van der Waals surface area contributed by atoms with E-state index in [1.54, 1.807) is 23.9 Å². The molecule has 0 fully saturated rings. The Kier molecular flexibility index (Phi) is 4.12. The van der Waals surface area contributed by atoms with Gasteiger partial charge in [0, 0.05) is 15.7 Å². The van der Waals surface area contributed by atoms with E-state index in [0.717, 1.165) is 11.1 Å². The number of carboxylic acid groups (broad SMARTS) is 1. The fourth-order valence-corrected chi connectivity index (χ4v) is 6.17. The normalized spacial score (nSPS) is 14.9. The second-order valence-corrected chi connectivity index (χ2v) is 8.85. The highest BCUT2D eigenvalue weighted by Gasteiger charge is 2.33. The molecular formula is C28H18O2S. The summed E-state index contributed by atoms with van der Waals surface area (Å²) >= 11 is 1.79. The van der Waals surface area contributed by atoms with Gasteiger partial charge in [-0.25, -0.2) is 4.79 Å². The maximum absolute atomic E-state index is 12.2. The molecule has 148 valence electrons. The fourth-order valence-electron chi connectivity index (χ4n) is 4.88. The topological polar surface area (TPSA) is 37.3 Å². The average molecular weight is 419 g/mol. The van der Waals surface area contributed by atoms with E-state index in [-0.39, 0.29) is 5.92 Å². The molecular weight excluding hydrogens is 400 g/mol. The summed E-state index contributed by atoms with van der Waals surface area (Å²) in [6.45, 7) is 0. The molecule has 1 unspecified atom stereocenters. The largest absolute Gasteiger partial charge is 0.478 e. The molecule has 0 aliphatic carbocycles. The average Bonchev–Trinajstić information content (AvgIpc) is 2.83. The van der Waals surface area contributed by atoms with Crippen LogP contribution in [0.15, 0.2) is 107 Å². The second-order valence-electron chi connectivity index (χ2n) is 7.80. The number of rotatable bonds is 2. The van der Waals surface area contributed by atoms with E-state index >= 15 is 0 Å². The molecule has 0 aromatic heterocycles. The van der Waals surface area contributed by atoms with Gasteiger partial charge < -0.3 is 5.11 Å². The monoisotopic (exact) mass is 418 g/mol. The maximum atomic E-state index is 12.2. The molecule has 5 aromatic carbocycles. The Morgan fingerprint density at radius 2 is 1.19 bits per heavy atom. The Labute approximate surface area is 184 Å². The third-order valence-corrected chi connectivity index (χ3v) is 7.39. The summed E-state index contributed by atoms with van der Waals surface area (Å²) in [4.78, 5) is 14.6. The van der Waals surface area contributed by atoms with Gasteiger partial charge in [0.2, 0.25) is 0 Å². The number of benzene rings is 5. The van der Waals surface area contributed by atoms with Crippen molar-refractivity contribution in [2.75, 3.05) is 0 Å². The summed E-state index contributed by atoms with van der Waals surface area (Å²) in [6, 6.07) is 32.8. The van der Waals surface area contributed by atoms with E-state index in [1.165, 1.54) is 36.9 Å². The van der Waals surface area contributed by atoms with Crippen LogP contribution in [0.3, 0.4) is 0 Å². The van der Waals surface area contributed by atoms with Gasteiger partial charge >= 0.3 is 5.97 Å². The van der Waals surface area contributed by atoms with E-state index in [0.29, 0.717) is 5.56 Å². The number of hydrogen-bond donors (Lipinski definition) is 1. The molecule has 1 N–H and O–H groups in total. The van der Waals surface area contributed by atoms with Crippen molar-refractivity contribution in [3.8, 4) is 0 Å². The first kappa shape index (κ1) is 18.2. The number of fused-ring (bicyclic) bond motifs is 7. The Bertz CT molecular complexity index is 1500. The van der Waals surface area contributed by atoms with E-state index in [4.69, 9.17) is 0 Å². The summed E-state index contributed by atoms with van der Waals surface area (Å²) in [6.07, 6.45) is 0. The van der Waals surface area contributed by atoms with Crippen molar-refractivity contribution in [1.29, 1.82) is 0 Å². The highest BCUT2D eigenvalue weighted by Crippen LogP contribution is 2.54. The Balaban J connectivity index is 1.81. The molecule has 3 heteroatoms. The van der Waals surface area contributed by atoms with Crippen LogP contribution in [0.1, 0.15) is 33.0 Å². The van der Waals surface area contributed by atoms with Gasteiger partial charge in [0.15, 0.2) is 0 Å². The van der Waals surface area contributed by atoms with Gasteiger partial charge in [-0.1, -0.05) is 96.7 Å². The van der Waals surface area contributed by atoms with Gasteiger partial charge in [-0.3, -0.25) is 0 Å². The van der Waals surface area contributed by atoms with Crippen molar-refractivity contribution in [3.63, 3.8) is 0 Å². The molecule has 0 spiro atoms. The molecule has 1 aliphatic heterocycles. The van der Waals surface area contributed by atoms with Gasteiger partial charge in [-0.2, -0.15) is 0 Å². The van der Waals surface area contributed by atoms with Crippen LogP contribution in [0.2, 0.25) is 0 Å². The number of carbonyl (C=O) groups is 1. The lowest BCUT2D eigenvalue weighted by atomic mass is 9.79. The SMILES string of the molecule is O=C(O)c1ccccc1C1c2ccccc2Sc2c1c1ccccc1c1ccccc21. The lowest BCUT2D eigenvalue weighted by Crippen LogP contribution is -2.15. The van der Waals surface area contributed by atoms with Crippen molar-refractivity contribution in [1.82, 2.24) is 0 Å². The van der Waals surface area contributed by atoms with Gasteiger partial charge in [-0.05, 0) is 50.4 Å². The molecule has 0 radical (unpaired) electrons. The van der Waals surface area contributed by atoms with Crippen LogP contribution in [0.25, 0.3) is 21.5 Å². The van der Waals surface area contributed by atoms with Gasteiger partial charge in [0.25, 0.3) is 0 Å². The molecule has 0 bridgehead atoms. The van der Waals surface area contributed by atoms with Crippen LogP contribution in [0, 0.1) is 0 Å². The van der Waals surface area contributed by atoms with Crippen LogP contribution in [-0.2, 0) is 0 Å². The quantitative estimate of drug-likeness (QED) is 0.299. The van der Waals surface area contributed by atoms with Gasteiger partial charge in [0.1, 0.15) is 0 Å². The number of aromatic carboxylic acids is 1. The van der Waals surface area contributed by atoms with Crippen molar-refractivity contribution in [2.45, 2.75) is 15.7 Å². The zero-order chi connectivity index (χ0) is 20.9. The minimum atomic E-state index is -0.891. The zero-order valence-corrected chi connectivity index (χ0v) is 17.4. The molecule has 0 saturated heterocycles. The molecule has 31 heavy (non-hydrogen) atoms. The first-order valence-corrected chi connectivity index (χ1v) is 11.1. The van der Waals surface area contributed by atoms with Gasteiger partial charge in [-0.15, -0.1) is 0 Å². The van der Waals surface area contributed by atoms with E-state index < -0.39 is 5.97 Å². The van der Waals surface area contributed by atoms with Crippen molar-refractivity contribution >= 4 is 39.3 Å². The Morgan fingerprint density at radius 1 is 0.645 bits per heavy atom. The minimum Gasteiger partial charge on any atom is -0.478 e. The van der Waals surface area contributed by atoms with Gasteiger partial charge in [0.05, 0.1) is 5.56 Å². The Hall–Kier alpha value is -3.56. The maximum Gasteiger partial charge on any atom is 0.335 e. The summed E-state index contributed by atoms with van der Waals surface area (Å²) in [7, 11) is 0. The standard InChI is InChI=1S/C28H18O2S/c29-28(30)22-14-6-4-12-20(22)25-23-15-7-8-16-24(23)31-27-21-13-5-2-10-18(21)17-9-1-3-11-19(17)26(25)27/h1-16,25H,(H,29,30). The van der Waals surface area contributed by atoms with E-state index in [1.807, 2.05) is 18.2 Å². The minimum absolute atomic E-state index is 0.144. The third-order valence-electron chi connectivity index (χ3n) is 6.16. The first-order valence-electron chi connectivity index (χ1n) is 10.3. The smallest absolute Gasteiger partial charge is 0.335 e. The van der Waals surface area contributed by atoms with Crippen molar-refractivity contribution < 1.29 is 9.90 Å². The predicted molar refractivity (Wildman–Crippen MR) is 126 cm³/mol. The van der Waals surface area contributed by atoms with Crippen LogP contribution in [0.5, 0.6) is 0 Å². The van der Waals surface area contributed by atoms with Crippen LogP contribution >= 0.6 is 11.8 Å². The van der Waals surface area contributed by atoms with Crippen LogP contribution in [0.4, 0.5) is 0 Å². The molecule has 6 rings (SSSR count). The van der Waals surface area contributed by atoms with Crippen molar-refractivity contribution in [3.05, 3.63) is 119 Å². The first-order chi connectivity index (χ1) is 15.2. The summed E-state index contributed by atoms with van der Waals surface area (Å²) in [5, 5.41) is 14.8. The lowest BCUT2D eigenvalue weighted by molar-refractivity contribution is 0.0695. The molecule has 5 aromatic rings. The highest BCUT2D eigenvalue weighted by molar-refractivity contribution is 7.99. The number of hydrogen-bond acceptors (Lipinski definition) is 2. The van der Waals surface area contributed by atoms with E-state index in [2.05, 4.69) is 66.7 Å². The highest BCUT2D eigenvalue weighted by atomic mass is 32.2. The number of carboxylic acids is 1. The summed E-state index contributed by atoms with van der Waals surface area (Å²) < 4.78 is 0. The fraction of sp³-hybridized carbons (Fsp3) is 0.0357. The zero-order valence-electron chi connectivity index (χ0n) is 16.6. The van der Waals surface area contributed by atoms with Crippen LogP contribution in [-0.4, -0.2) is 11.1 Å². The molecule has 2 nitrogen and oxygen atoms in total. The van der Waals surface area contributed by atoms with Crippen molar-refractivity contribution in [2.24, 2.45) is 0 Å². The Morgan fingerprint density at radius 3 is 1.94 bits per heavy atom. The third kappa shape index (κ3) is 2.70. The molecule has 0 amide bonds. The lowest BCUT2D eigenvalue weighted by Gasteiger charge is -2.31. The molecule has 0 saturated carbocycles. The summed E-state index contributed by atoms with van der Waals surface area (Å²) in [5.41, 5.74) is 3.56. The second kappa shape index (κ2) is 7.00. The molecule has 1 atom stereocenters. The summed E-state index contributed by atoms with van der Waals surface area (Å²) in [5.74, 6) is -1.03. The van der Waals surface area contributed by atoms with Crippen LogP contribution < -0.4 is 0 Å². The molecule has 1 aliphatic rings.